The van der Waals surface area contributed by atoms with E-state index in [1.807, 2.05) is 0 Å². The first-order chi connectivity index (χ1) is 12.3. The average Bonchev–Trinajstić information content (AvgIpc) is 3.22. The fraction of sp³-hybridized carbons (Fsp3) is 0.500. The molecule has 1 aliphatic heterocycles. The number of furan rings is 1. The lowest BCUT2D eigenvalue weighted by molar-refractivity contribution is -0.174. The summed E-state index contributed by atoms with van der Waals surface area (Å²) in [5, 5.41) is 9.47. The van der Waals surface area contributed by atoms with Crippen molar-refractivity contribution in [1.29, 1.82) is 0 Å². The first-order valence-corrected chi connectivity index (χ1v) is 8.05. The van der Waals surface area contributed by atoms with Gasteiger partial charge in [0.2, 0.25) is 0 Å². The molecule has 3 rings (SSSR count). The SMILES string of the molecule is COCC(C)NC(=O)c1cc2n(n1)[C@H](C(F)(F)F)C[C@H](c1ccco1)N2. The third-order valence-electron chi connectivity index (χ3n) is 4.10. The molecule has 2 aromatic heterocycles. The van der Waals surface area contributed by atoms with Gasteiger partial charge in [-0.05, 0) is 19.1 Å². The van der Waals surface area contributed by atoms with Crippen LogP contribution in [0.25, 0.3) is 0 Å². The molecule has 0 spiro atoms. The Bertz CT molecular complexity index is 757. The van der Waals surface area contributed by atoms with Crippen molar-refractivity contribution >= 4 is 11.7 Å². The fourth-order valence-corrected chi connectivity index (χ4v) is 2.95. The maximum absolute atomic E-state index is 13.5. The van der Waals surface area contributed by atoms with E-state index in [1.54, 1.807) is 19.1 Å². The van der Waals surface area contributed by atoms with E-state index in [2.05, 4.69) is 15.7 Å². The Labute approximate surface area is 147 Å². The van der Waals surface area contributed by atoms with E-state index < -0.39 is 24.2 Å². The molecular weight excluding hydrogens is 353 g/mol. The summed E-state index contributed by atoms with van der Waals surface area (Å²) in [6, 6.07) is 1.71. The molecule has 3 atom stereocenters. The van der Waals surface area contributed by atoms with Crippen LogP contribution in [-0.2, 0) is 4.74 Å². The number of methoxy groups -OCH3 is 1. The second-order valence-corrected chi connectivity index (χ2v) is 6.19. The van der Waals surface area contributed by atoms with Gasteiger partial charge >= 0.3 is 6.18 Å². The van der Waals surface area contributed by atoms with Gasteiger partial charge in [-0.2, -0.15) is 18.3 Å². The number of alkyl halides is 3. The van der Waals surface area contributed by atoms with Crippen LogP contribution >= 0.6 is 0 Å². The molecule has 2 N–H and O–H groups in total. The van der Waals surface area contributed by atoms with E-state index in [4.69, 9.17) is 9.15 Å². The molecule has 10 heteroatoms. The molecule has 0 aromatic carbocycles. The van der Waals surface area contributed by atoms with Crippen LogP contribution in [0.4, 0.5) is 19.0 Å². The summed E-state index contributed by atoms with van der Waals surface area (Å²) in [6.45, 7) is 2.00. The zero-order valence-electron chi connectivity index (χ0n) is 14.2. The Morgan fingerprint density at radius 2 is 2.35 bits per heavy atom. The summed E-state index contributed by atoms with van der Waals surface area (Å²) in [5.41, 5.74) is -0.0928. The summed E-state index contributed by atoms with van der Waals surface area (Å²) >= 11 is 0. The lowest BCUT2D eigenvalue weighted by atomic mass is 10.0. The number of halogens is 3. The van der Waals surface area contributed by atoms with Crippen molar-refractivity contribution in [3.05, 3.63) is 35.9 Å². The molecule has 142 valence electrons. The van der Waals surface area contributed by atoms with Crippen LogP contribution in [0.3, 0.4) is 0 Å². The Balaban J connectivity index is 1.88. The van der Waals surface area contributed by atoms with Gasteiger partial charge in [0.15, 0.2) is 11.7 Å². The third kappa shape index (κ3) is 3.69. The molecule has 0 saturated carbocycles. The van der Waals surface area contributed by atoms with Gasteiger partial charge in [0.05, 0.1) is 18.9 Å². The highest BCUT2D eigenvalue weighted by Gasteiger charge is 2.47. The maximum atomic E-state index is 13.5. The highest BCUT2D eigenvalue weighted by molar-refractivity contribution is 5.93. The predicted octanol–water partition coefficient (Wildman–Crippen LogP) is 2.90. The zero-order valence-corrected chi connectivity index (χ0v) is 14.2. The minimum absolute atomic E-state index is 0.0928. The van der Waals surface area contributed by atoms with Gasteiger partial charge < -0.3 is 19.8 Å². The number of nitrogens with one attached hydrogen (secondary N) is 2. The quantitative estimate of drug-likeness (QED) is 0.844. The van der Waals surface area contributed by atoms with Gasteiger partial charge in [-0.1, -0.05) is 0 Å². The summed E-state index contributed by atoms with van der Waals surface area (Å²) in [7, 11) is 1.49. The standard InChI is InChI=1S/C16H19F3N4O3/c1-9(8-25-2)20-15(24)11-7-14-21-10(12-4-3-5-26-12)6-13(16(17,18)19)23(14)22-11/h3-5,7,9-10,13,21H,6,8H2,1-2H3,(H,20,24)/t9?,10-,13+/m1/s1. The van der Waals surface area contributed by atoms with Crippen molar-refractivity contribution in [3.8, 4) is 0 Å². The second-order valence-electron chi connectivity index (χ2n) is 6.19. The largest absolute Gasteiger partial charge is 0.467 e. The second kappa shape index (κ2) is 7.02. The highest BCUT2D eigenvalue weighted by atomic mass is 19.4. The Hall–Kier alpha value is -2.49. The molecule has 1 unspecified atom stereocenters. The van der Waals surface area contributed by atoms with E-state index in [9.17, 15) is 18.0 Å². The van der Waals surface area contributed by atoms with Crippen LogP contribution in [0.5, 0.6) is 0 Å². The third-order valence-corrected chi connectivity index (χ3v) is 4.10. The van der Waals surface area contributed by atoms with Crippen LogP contribution in [0, 0.1) is 0 Å². The molecule has 2 aromatic rings. The number of nitrogens with zero attached hydrogens (tertiary/aromatic N) is 2. The Morgan fingerprint density at radius 3 is 2.96 bits per heavy atom. The van der Waals surface area contributed by atoms with Gasteiger partial charge in [0.25, 0.3) is 5.91 Å². The van der Waals surface area contributed by atoms with Crippen LogP contribution in [0.2, 0.25) is 0 Å². The van der Waals surface area contributed by atoms with Gasteiger partial charge in [-0.25, -0.2) is 4.68 Å². The van der Waals surface area contributed by atoms with E-state index in [0.29, 0.717) is 5.76 Å². The molecule has 0 fully saturated rings. The normalized spacial score (nSPS) is 21.0. The first-order valence-electron chi connectivity index (χ1n) is 8.05. The fourth-order valence-electron chi connectivity index (χ4n) is 2.95. The molecule has 26 heavy (non-hydrogen) atoms. The molecule has 3 heterocycles. The molecule has 0 bridgehead atoms. The number of carbonyl (C=O) groups excluding carboxylic acids is 1. The van der Waals surface area contributed by atoms with Gasteiger partial charge in [-0.15, -0.1) is 0 Å². The molecule has 7 nitrogen and oxygen atoms in total. The van der Waals surface area contributed by atoms with Crippen molar-refractivity contribution in [2.75, 3.05) is 19.0 Å². The molecule has 0 saturated heterocycles. The number of ether oxygens (including phenoxy) is 1. The van der Waals surface area contributed by atoms with E-state index >= 15 is 0 Å². The smallest absolute Gasteiger partial charge is 0.410 e. The highest BCUT2D eigenvalue weighted by Crippen LogP contribution is 2.43. The van der Waals surface area contributed by atoms with Crippen LogP contribution in [0.15, 0.2) is 28.9 Å². The van der Waals surface area contributed by atoms with Gasteiger partial charge in [0, 0.05) is 25.6 Å². The summed E-state index contributed by atoms with van der Waals surface area (Å²) in [5.74, 6) is -0.0512. The average molecular weight is 372 g/mol. The Kier molecular flexibility index (Phi) is 4.94. The maximum Gasteiger partial charge on any atom is 0.410 e. The van der Waals surface area contributed by atoms with Crippen molar-refractivity contribution in [3.63, 3.8) is 0 Å². The molecule has 1 amide bonds. The summed E-state index contributed by atoms with van der Waals surface area (Å²) < 4.78 is 51.5. The van der Waals surface area contributed by atoms with Crippen molar-refractivity contribution < 1.29 is 27.1 Å². The van der Waals surface area contributed by atoms with E-state index in [1.165, 1.54) is 19.4 Å². The lowest BCUT2D eigenvalue weighted by Gasteiger charge is -2.32. The number of hydrogen-bond acceptors (Lipinski definition) is 5. The molecular formula is C16H19F3N4O3. The van der Waals surface area contributed by atoms with E-state index in [0.717, 1.165) is 4.68 Å². The van der Waals surface area contributed by atoms with Crippen molar-refractivity contribution in [2.45, 2.75) is 37.6 Å². The molecule has 0 aliphatic carbocycles. The minimum atomic E-state index is -4.51. The lowest BCUT2D eigenvalue weighted by Crippen LogP contribution is -2.37. The monoisotopic (exact) mass is 372 g/mol. The number of aromatic nitrogens is 2. The number of rotatable bonds is 5. The van der Waals surface area contributed by atoms with Crippen molar-refractivity contribution in [1.82, 2.24) is 15.1 Å². The van der Waals surface area contributed by atoms with Gasteiger partial charge in [0.1, 0.15) is 11.6 Å². The van der Waals surface area contributed by atoms with Crippen LogP contribution < -0.4 is 10.6 Å². The van der Waals surface area contributed by atoms with Crippen LogP contribution in [0.1, 0.15) is 41.7 Å². The number of hydrogen-bond donors (Lipinski definition) is 2. The Morgan fingerprint density at radius 1 is 1.58 bits per heavy atom. The first kappa shape index (κ1) is 18.3. The number of fused-ring (bicyclic) bond motifs is 1. The van der Waals surface area contributed by atoms with Crippen molar-refractivity contribution in [2.24, 2.45) is 0 Å². The van der Waals surface area contributed by atoms with E-state index in [-0.39, 0.29) is 30.6 Å². The molecule has 1 aliphatic rings. The number of carbonyl (C=O) groups is 1. The summed E-state index contributed by atoms with van der Waals surface area (Å²) in [6.07, 6.45) is -3.39. The predicted molar refractivity (Wildman–Crippen MR) is 85.8 cm³/mol. The molecule has 0 radical (unpaired) electrons. The number of anilines is 1. The van der Waals surface area contributed by atoms with Gasteiger partial charge in [-0.3, -0.25) is 4.79 Å². The van der Waals surface area contributed by atoms with Crippen LogP contribution in [-0.4, -0.2) is 41.6 Å². The topological polar surface area (TPSA) is 81.3 Å². The number of amides is 1. The summed E-state index contributed by atoms with van der Waals surface area (Å²) in [4.78, 5) is 12.2. The zero-order chi connectivity index (χ0) is 18.9. The minimum Gasteiger partial charge on any atom is -0.467 e.